The van der Waals surface area contributed by atoms with Gasteiger partial charge in [-0.25, -0.2) is 0 Å². The minimum atomic E-state index is -0.930. The number of hydrogen-bond donors (Lipinski definition) is 0. The second-order valence-electron chi connectivity index (χ2n) is 7.88. The maximum absolute atomic E-state index is 2.65. The zero-order valence-corrected chi connectivity index (χ0v) is 15.2. The lowest BCUT2D eigenvalue weighted by atomic mass is 9.95. The highest BCUT2D eigenvalue weighted by molar-refractivity contribution is 6.80. The van der Waals surface area contributed by atoms with E-state index in [0.717, 1.165) is 5.04 Å². The molecule has 1 fully saturated rings. The highest BCUT2D eigenvalue weighted by atomic mass is 28.3. The fourth-order valence-corrected chi connectivity index (χ4v) is 7.28. The Bertz CT molecular complexity index is 234. The molecule has 1 unspecified atom stereocenters. The molecule has 0 radical (unpaired) electrons. The summed E-state index contributed by atoms with van der Waals surface area (Å²) in [6.07, 6.45) is 17.8. The smallest absolute Gasteiger partial charge is 0.0533 e. The summed E-state index contributed by atoms with van der Waals surface area (Å²) in [6, 6.07) is 1.58. The van der Waals surface area contributed by atoms with Crippen LogP contribution in [0.25, 0.3) is 0 Å². The molecule has 0 aliphatic carbocycles. The van der Waals surface area contributed by atoms with Crippen molar-refractivity contribution in [3.05, 3.63) is 0 Å². The quantitative estimate of drug-likeness (QED) is 0.310. The number of hydrogen-bond acceptors (Lipinski definition) is 0. The molecule has 0 aromatic carbocycles. The second kappa shape index (κ2) is 8.49. The van der Waals surface area contributed by atoms with Gasteiger partial charge in [-0.3, -0.25) is 0 Å². The van der Waals surface area contributed by atoms with E-state index in [4.69, 9.17) is 0 Å². The Hall–Kier alpha value is 0.217. The number of unbranched alkanes of at least 4 members (excludes halogenated alkanes) is 7. The molecule has 1 heterocycles. The number of rotatable bonds is 9. The van der Waals surface area contributed by atoms with Crippen LogP contribution >= 0.6 is 0 Å². The third kappa shape index (κ3) is 5.61. The summed E-state index contributed by atoms with van der Waals surface area (Å²) >= 11 is 0. The predicted octanol–water partition coefficient (Wildman–Crippen LogP) is 7.17. The molecule has 1 aliphatic rings. The molecule has 1 rings (SSSR count). The molecular formula is C18H38Si. The zero-order chi connectivity index (χ0) is 14.2. The van der Waals surface area contributed by atoms with Gasteiger partial charge in [0, 0.05) is 0 Å². The van der Waals surface area contributed by atoms with E-state index in [9.17, 15) is 0 Å². The first-order chi connectivity index (χ1) is 9.02. The first-order valence-electron chi connectivity index (χ1n) is 9.02. The predicted molar refractivity (Wildman–Crippen MR) is 91.7 cm³/mol. The minimum Gasteiger partial charge on any atom is -0.0690 e. The highest BCUT2D eigenvalue weighted by Crippen LogP contribution is 2.52. The van der Waals surface area contributed by atoms with E-state index in [1.165, 1.54) is 77.0 Å². The molecule has 0 amide bonds. The molecule has 1 atom stereocenters. The largest absolute Gasteiger partial charge is 0.0690 e. The summed E-state index contributed by atoms with van der Waals surface area (Å²) in [7, 11) is -0.930. The maximum atomic E-state index is 2.65. The SMILES string of the molecule is CCCCCCCCCCC1(C)CCCC[Si]1(C)C. The molecule has 0 bridgehead atoms. The van der Waals surface area contributed by atoms with E-state index in [1.807, 2.05) is 0 Å². The van der Waals surface area contributed by atoms with E-state index in [1.54, 1.807) is 6.04 Å². The Morgan fingerprint density at radius 1 is 0.842 bits per heavy atom. The second-order valence-corrected chi connectivity index (χ2v) is 13.4. The Kier molecular flexibility index (Phi) is 7.72. The van der Waals surface area contributed by atoms with Gasteiger partial charge >= 0.3 is 0 Å². The molecule has 1 aliphatic heterocycles. The van der Waals surface area contributed by atoms with E-state index in [0.29, 0.717) is 0 Å². The van der Waals surface area contributed by atoms with Crippen LogP contribution in [0.5, 0.6) is 0 Å². The van der Waals surface area contributed by atoms with Crippen LogP contribution in [0.1, 0.15) is 90.9 Å². The molecule has 0 nitrogen and oxygen atoms in total. The third-order valence-corrected chi connectivity index (χ3v) is 11.4. The van der Waals surface area contributed by atoms with Crippen molar-refractivity contribution in [2.75, 3.05) is 0 Å². The van der Waals surface area contributed by atoms with Gasteiger partial charge in [0.1, 0.15) is 0 Å². The Balaban J connectivity index is 2.11. The van der Waals surface area contributed by atoms with Crippen LogP contribution in [0.4, 0.5) is 0 Å². The van der Waals surface area contributed by atoms with Crippen molar-refractivity contribution < 1.29 is 0 Å². The Morgan fingerprint density at radius 2 is 1.42 bits per heavy atom. The van der Waals surface area contributed by atoms with Crippen LogP contribution in [-0.4, -0.2) is 8.07 Å². The maximum Gasteiger partial charge on any atom is 0.0533 e. The van der Waals surface area contributed by atoms with Gasteiger partial charge < -0.3 is 0 Å². The van der Waals surface area contributed by atoms with Gasteiger partial charge in [0.05, 0.1) is 8.07 Å². The van der Waals surface area contributed by atoms with Crippen LogP contribution < -0.4 is 0 Å². The van der Waals surface area contributed by atoms with Gasteiger partial charge in [-0.15, -0.1) is 0 Å². The summed E-state index contributed by atoms with van der Waals surface area (Å²) in [4.78, 5) is 0. The first-order valence-corrected chi connectivity index (χ1v) is 12.2. The lowest BCUT2D eigenvalue weighted by molar-refractivity contribution is 0.421. The van der Waals surface area contributed by atoms with Crippen molar-refractivity contribution in [3.8, 4) is 0 Å². The van der Waals surface area contributed by atoms with Gasteiger partial charge in [-0.2, -0.15) is 0 Å². The molecule has 0 aromatic heterocycles. The fraction of sp³-hybridized carbons (Fsp3) is 1.00. The van der Waals surface area contributed by atoms with E-state index >= 15 is 0 Å². The molecule has 0 aromatic rings. The summed E-state index contributed by atoms with van der Waals surface area (Å²) in [5.74, 6) is 0. The van der Waals surface area contributed by atoms with Crippen LogP contribution in [-0.2, 0) is 0 Å². The Morgan fingerprint density at radius 3 is 2.00 bits per heavy atom. The molecule has 0 N–H and O–H groups in total. The summed E-state index contributed by atoms with van der Waals surface area (Å²) in [5, 5.41) is 0.757. The van der Waals surface area contributed by atoms with Crippen molar-refractivity contribution >= 4 is 8.07 Å². The average Bonchev–Trinajstić information content (AvgIpc) is 2.36. The van der Waals surface area contributed by atoms with Crippen molar-refractivity contribution in [1.29, 1.82) is 0 Å². The van der Waals surface area contributed by atoms with Gasteiger partial charge in [-0.05, 0) is 5.04 Å². The van der Waals surface area contributed by atoms with E-state index in [-0.39, 0.29) is 0 Å². The highest BCUT2D eigenvalue weighted by Gasteiger charge is 2.43. The van der Waals surface area contributed by atoms with Crippen molar-refractivity contribution in [1.82, 2.24) is 0 Å². The van der Waals surface area contributed by atoms with Crippen LogP contribution in [0.2, 0.25) is 24.2 Å². The van der Waals surface area contributed by atoms with Gasteiger partial charge in [-0.1, -0.05) is 110 Å². The topological polar surface area (TPSA) is 0 Å². The molecule has 114 valence electrons. The lowest BCUT2D eigenvalue weighted by Gasteiger charge is -2.47. The lowest BCUT2D eigenvalue weighted by Crippen LogP contribution is -2.43. The molecule has 0 saturated carbocycles. The van der Waals surface area contributed by atoms with Gasteiger partial charge in [0.15, 0.2) is 0 Å². The molecule has 19 heavy (non-hydrogen) atoms. The molecule has 0 spiro atoms. The summed E-state index contributed by atoms with van der Waals surface area (Å²) in [6.45, 7) is 10.2. The standard InChI is InChI=1S/C18H38Si/c1-5-6-7-8-9-10-11-12-15-18(2)16-13-14-17-19(18,3)4/h5-17H2,1-4H3. The monoisotopic (exact) mass is 282 g/mol. The van der Waals surface area contributed by atoms with Crippen LogP contribution in [0, 0.1) is 0 Å². The van der Waals surface area contributed by atoms with E-state index in [2.05, 4.69) is 26.9 Å². The first kappa shape index (κ1) is 17.3. The van der Waals surface area contributed by atoms with Gasteiger partial charge in [0.25, 0.3) is 0 Å². The van der Waals surface area contributed by atoms with Crippen molar-refractivity contribution in [3.63, 3.8) is 0 Å². The third-order valence-electron chi connectivity index (χ3n) is 6.00. The van der Waals surface area contributed by atoms with Crippen LogP contribution in [0.3, 0.4) is 0 Å². The van der Waals surface area contributed by atoms with Crippen molar-refractivity contribution in [2.24, 2.45) is 0 Å². The normalized spacial score (nSPS) is 26.5. The zero-order valence-electron chi connectivity index (χ0n) is 14.2. The molecular weight excluding hydrogens is 244 g/mol. The summed E-state index contributed by atoms with van der Waals surface area (Å²) in [5.41, 5.74) is 0. The van der Waals surface area contributed by atoms with Crippen molar-refractivity contribution in [2.45, 2.75) is 115 Å². The van der Waals surface area contributed by atoms with E-state index < -0.39 is 8.07 Å². The minimum absolute atomic E-state index is 0.757. The Labute approximate surface area is 123 Å². The summed E-state index contributed by atoms with van der Waals surface area (Å²) < 4.78 is 0. The fourth-order valence-electron chi connectivity index (χ4n) is 3.83. The average molecular weight is 283 g/mol. The van der Waals surface area contributed by atoms with Gasteiger partial charge in [0.2, 0.25) is 0 Å². The van der Waals surface area contributed by atoms with Crippen LogP contribution in [0.15, 0.2) is 0 Å². The molecule has 1 heteroatoms. The molecule has 1 saturated heterocycles.